The van der Waals surface area contributed by atoms with Crippen molar-refractivity contribution in [3.8, 4) is 0 Å². The van der Waals surface area contributed by atoms with Crippen LogP contribution in [-0.2, 0) is 4.79 Å². The van der Waals surface area contributed by atoms with E-state index in [0.29, 0.717) is 5.84 Å². The van der Waals surface area contributed by atoms with Crippen molar-refractivity contribution in [2.24, 2.45) is 16.5 Å². The minimum atomic E-state index is -0.470. The summed E-state index contributed by atoms with van der Waals surface area (Å²) in [7, 11) is 5.07. The average molecular weight is 215 g/mol. The van der Waals surface area contributed by atoms with Crippen molar-refractivity contribution in [3.63, 3.8) is 0 Å². The molecule has 88 valence electrons. The largest absolute Gasteiger partial charge is 0.409 e. The Labute approximate surface area is 91.1 Å². The summed E-state index contributed by atoms with van der Waals surface area (Å²) in [5.74, 6) is -0.256. The average Bonchev–Trinajstić information content (AvgIpc) is 2.10. The van der Waals surface area contributed by atoms with Gasteiger partial charge in [0.2, 0.25) is 5.91 Å². The van der Waals surface area contributed by atoms with Crippen molar-refractivity contribution < 1.29 is 10.0 Å². The lowest BCUT2D eigenvalue weighted by Gasteiger charge is -2.32. The minimum Gasteiger partial charge on any atom is -0.409 e. The number of carbonyl (C=O) groups excluding carboxylic acids is 1. The molecule has 0 aliphatic heterocycles. The molecular weight excluding hydrogens is 194 g/mol. The molecule has 5 heteroatoms. The molecule has 15 heavy (non-hydrogen) atoms. The fraction of sp³-hybridized carbons (Fsp3) is 0.800. The zero-order chi connectivity index (χ0) is 12.2. The number of nitrogens with one attached hydrogen (secondary N) is 1. The second-order valence-electron chi connectivity index (χ2n) is 4.77. The maximum atomic E-state index is 11.7. The van der Waals surface area contributed by atoms with Gasteiger partial charge in [-0.25, -0.2) is 0 Å². The Balaban J connectivity index is 5.20. The van der Waals surface area contributed by atoms with E-state index in [4.69, 9.17) is 5.21 Å². The van der Waals surface area contributed by atoms with E-state index in [0.717, 1.165) is 0 Å². The highest BCUT2D eigenvalue weighted by Gasteiger charge is 2.36. The SMILES string of the molecule is CNC(=O)C(/C(=N/O)N(C)C)C(C)(C)C. The molecule has 0 spiro atoms. The molecule has 2 N–H and O–H groups in total. The number of carbonyl (C=O) groups is 1. The quantitative estimate of drug-likeness (QED) is 0.309. The molecule has 5 nitrogen and oxygen atoms in total. The fourth-order valence-electron chi connectivity index (χ4n) is 1.45. The Hall–Kier alpha value is -1.26. The summed E-state index contributed by atoms with van der Waals surface area (Å²) in [5, 5.41) is 14.7. The summed E-state index contributed by atoms with van der Waals surface area (Å²) in [5.41, 5.74) is -0.300. The third-order valence-corrected chi connectivity index (χ3v) is 2.19. The van der Waals surface area contributed by atoms with Crippen molar-refractivity contribution in [3.05, 3.63) is 0 Å². The molecule has 1 unspecified atom stereocenters. The molecule has 0 rings (SSSR count). The van der Waals surface area contributed by atoms with Crippen LogP contribution in [0.3, 0.4) is 0 Å². The molecule has 0 heterocycles. The third-order valence-electron chi connectivity index (χ3n) is 2.19. The zero-order valence-corrected chi connectivity index (χ0v) is 10.3. The Morgan fingerprint density at radius 2 is 1.87 bits per heavy atom. The predicted octanol–water partition coefficient (Wildman–Crippen LogP) is 0.744. The minimum absolute atomic E-state index is 0.149. The monoisotopic (exact) mass is 215 g/mol. The second kappa shape index (κ2) is 5.00. The highest BCUT2D eigenvalue weighted by molar-refractivity contribution is 6.03. The normalized spacial score (nSPS) is 14.7. The number of oxime groups is 1. The van der Waals surface area contributed by atoms with Crippen molar-refractivity contribution >= 4 is 11.7 Å². The van der Waals surface area contributed by atoms with Gasteiger partial charge in [0.1, 0.15) is 5.92 Å². The van der Waals surface area contributed by atoms with Crippen LogP contribution in [0, 0.1) is 11.3 Å². The number of hydrogen-bond donors (Lipinski definition) is 2. The van der Waals surface area contributed by atoms with E-state index in [1.807, 2.05) is 20.8 Å². The van der Waals surface area contributed by atoms with Crippen LogP contribution in [0.1, 0.15) is 20.8 Å². The second-order valence-corrected chi connectivity index (χ2v) is 4.77. The molecule has 0 aromatic carbocycles. The first-order valence-corrected chi connectivity index (χ1v) is 4.86. The highest BCUT2D eigenvalue weighted by Crippen LogP contribution is 2.28. The van der Waals surface area contributed by atoms with E-state index in [1.165, 1.54) is 0 Å². The Kier molecular flexibility index (Phi) is 4.58. The van der Waals surface area contributed by atoms with Gasteiger partial charge >= 0.3 is 0 Å². The lowest BCUT2D eigenvalue weighted by molar-refractivity contribution is -0.125. The first kappa shape index (κ1) is 13.7. The van der Waals surface area contributed by atoms with E-state index in [1.54, 1.807) is 26.0 Å². The van der Waals surface area contributed by atoms with Crippen molar-refractivity contribution in [1.82, 2.24) is 10.2 Å². The number of hydrogen-bond acceptors (Lipinski definition) is 3. The Morgan fingerprint density at radius 1 is 1.40 bits per heavy atom. The molecular formula is C10H21N3O2. The lowest BCUT2D eigenvalue weighted by Crippen LogP contribution is -2.46. The molecule has 0 bridgehead atoms. The van der Waals surface area contributed by atoms with Crippen molar-refractivity contribution in [1.29, 1.82) is 0 Å². The molecule has 0 fully saturated rings. The fourth-order valence-corrected chi connectivity index (χ4v) is 1.45. The Morgan fingerprint density at radius 3 is 2.07 bits per heavy atom. The Bertz CT molecular complexity index is 254. The number of nitrogens with zero attached hydrogens (tertiary/aromatic N) is 2. The summed E-state index contributed by atoms with van der Waals surface area (Å²) >= 11 is 0. The summed E-state index contributed by atoms with van der Waals surface area (Å²) in [6, 6.07) is 0. The molecule has 0 radical (unpaired) electrons. The standard InChI is InChI=1S/C10H21N3O2/c1-10(2,3)7(9(14)11-4)8(12-15)13(5)6/h7,15H,1-6H3,(H,11,14)/b12-8-. The smallest absolute Gasteiger partial charge is 0.231 e. The van der Waals surface area contributed by atoms with Gasteiger partial charge in [0.05, 0.1) is 0 Å². The van der Waals surface area contributed by atoms with Crippen LogP contribution in [-0.4, -0.2) is 43.0 Å². The van der Waals surface area contributed by atoms with Gasteiger partial charge in [-0.1, -0.05) is 25.9 Å². The van der Waals surface area contributed by atoms with Gasteiger partial charge in [-0.2, -0.15) is 0 Å². The van der Waals surface area contributed by atoms with Crippen LogP contribution in [0.4, 0.5) is 0 Å². The molecule has 1 atom stereocenters. The van der Waals surface area contributed by atoms with E-state index >= 15 is 0 Å². The lowest BCUT2D eigenvalue weighted by atomic mass is 9.79. The molecule has 0 aromatic rings. The van der Waals surface area contributed by atoms with Gasteiger partial charge < -0.3 is 15.4 Å². The van der Waals surface area contributed by atoms with Gasteiger partial charge in [0.15, 0.2) is 5.84 Å². The third kappa shape index (κ3) is 3.42. The van der Waals surface area contributed by atoms with Crippen LogP contribution < -0.4 is 5.32 Å². The molecule has 0 saturated carbocycles. The van der Waals surface area contributed by atoms with E-state index in [-0.39, 0.29) is 11.3 Å². The van der Waals surface area contributed by atoms with E-state index < -0.39 is 5.92 Å². The van der Waals surface area contributed by atoms with Gasteiger partial charge in [-0.3, -0.25) is 4.79 Å². The highest BCUT2D eigenvalue weighted by atomic mass is 16.4. The molecule has 0 aliphatic rings. The predicted molar refractivity (Wildman–Crippen MR) is 59.9 cm³/mol. The van der Waals surface area contributed by atoms with Crippen LogP contribution in [0.5, 0.6) is 0 Å². The summed E-state index contributed by atoms with van der Waals surface area (Å²) in [6.45, 7) is 5.80. The van der Waals surface area contributed by atoms with E-state index in [2.05, 4.69) is 10.5 Å². The maximum absolute atomic E-state index is 11.7. The summed E-state index contributed by atoms with van der Waals surface area (Å²) in [6.07, 6.45) is 0. The maximum Gasteiger partial charge on any atom is 0.231 e. The van der Waals surface area contributed by atoms with Gasteiger partial charge in [0, 0.05) is 21.1 Å². The molecule has 0 saturated heterocycles. The first-order chi connectivity index (χ1) is 6.75. The van der Waals surface area contributed by atoms with E-state index in [9.17, 15) is 4.79 Å². The van der Waals surface area contributed by atoms with Gasteiger partial charge in [-0.05, 0) is 5.41 Å². The van der Waals surface area contributed by atoms with Crippen LogP contribution in [0.15, 0.2) is 5.16 Å². The van der Waals surface area contributed by atoms with Gasteiger partial charge in [0.25, 0.3) is 0 Å². The number of amidine groups is 1. The molecule has 0 aliphatic carbocycles. The van der Waals surface area contributed by atoms with Crippen molar-refractivity contribution in [2.45, 2.75) is 20.8 Å². The van der Waals surface area contributed by atoms with Crippen LogP contribution >= 0.6 is 0 Å². The van der Waals surface area contributed by atoms with Gasteiger partial charge in [-0.15, -0.1) is 0 Å². The number of rotatable bonds is 2. The van der Waals surface area contributed by atoms with Crippen molar-refractivity contribution in [2.75, 3.05) is 21.1 Å². The molecule has 1 amide bonds. The zero-order valence-electron chi connectivity index (χ0n) is 10.3. The first-order valence-electron chi connectivity index (χ1n) is 4.86. The number of amides is 1. The molecule has 0 aromatic heterocycles. The topological polar surface area (TPSA) is 64.9 Å². The van der Waals surface area contributed by atoms with Crippen LogP contribution in [0.2, 0.25) is 0 Å². The summed E-state index contributed by atoms with van der Waals surface area (Å²) in [4.78, 5) is 13.4. The summed E-state index contributed by atoms with van der Waals surface area (Å²) < 4.78 is 0. The van der Waals surface area contributed by atoms with Crippen LogP contribution in [0.25, 0.3) is 0 Å².